The van der Waals surface area contributed by atoms with E-state index in [9.17, 15) is 9.90 Å². The van der Waals surface area contributed by atoms with Crippen molar-refractivity contribution in [3.63, 3.8) is 0 Å². The molecule has 1 N–H and O–H groups in total. The van der Waals surface area contributed by atoms with E-state index in [1.54, 1.807) is 11.3 Å². The van der Waals surface area contributed by atoms with Crippen molar-refractivity contribution in [1.29, 1.82) is 0 Å². The Morgan fingerprint density at radius 1 is 1.46 bits per heavy atom. The van der Waals surface area contributed by atoms with Gasteiger partial charge in [-0.25, -0.2) is 4.98 Å². The third kappa shape index (κ3) is 3.39. The minimum absolute atomic E-state index is 0.00724. The van der Waals surface area contributed by atoms with Gasteiger partial charge in [0.2, 0.25) is 11.8 Å². The fraction of sp³-hybridized carbons (Fsp3) is 0.556. The number of nitrogens with zero attached hydrogens (tertiary/aromatic N) is 2. The highest BCUT2D eigenvalue weighted by Gasteiger charge is 2.34. The Labute approximate surface area is 146 Å². The third-order valence-electron chi connectivity index (χ3n) is 5.24. The van der Waals surface area contributed by atoms with E-state index >= 15 is 0 Å². The number of aromatic nitrogens is 1. The van der Waals surface area contributed by atoms with Gasteiger partial charge in [0.15, 0.2) is 0 Å². The molecule has 2 aromatic heterocycles. The van der Waals surface area contributed by atoms with Gasteiger partial charge in [-0.1, -0.05) is 6.92 Å². The van der Waals surface area contributed by atoms with Crippen LogP contribution in [0.1, 0.15) is 37.6 Å². The zero-order valence-electron chi connectivity index (χ0n) is 14.2. The van der Waals surface area contributed by atoms with E-state index in [0.717, 1.165) is 30.5 Å². The van der Waals surface area contributed by atoms with Crippen molar-refractivity contribution in [3.05, 3.63) is 28.3 Å². The summed E-state index contributed by atoms with van der Waals surface area (Å²) in [6.45, 7) is 5.59. The van der Waals surface area contributed by atoms with E-state index in [-0.39, 0.29) is 24.3 Å². The summed E-state index contributed by atoms with van der Waals surface area (Å²) in [6, 6.07) is 1.96. The van der Waals surface area contributed by atoms with Crippen LogP contribution in [0.2, 0.25) is 0 Å². The zero-order chi connectivity index (χ0) is 17.2. The van der Waals surface area contributed by atoms with Crippen molar-refractivity contribution in [2.75, 3.05) is 19.7 Å². The number of likely N-dealkylation sites (tertiary alicyclic amines) is 1. The summed E-state index contributed by atoms with van der Waals surface area (Å²) < 4.78 is 5.71. The van der Waals surface area contributed by atoms with Crippen LogP contribution in [0.4, 0.5) is 0 Å². The molecule has 3 heterocycles. The first kappa shape index (κ1) is 17.2. The summed E-state index contributed by atoms with van der Waals surface area (Å²) in [7, 11) is 0. The lowest BCUT2D eigenvalue weighted by Gasteiger charge is -2.40. The van der Waals surface area contributed by atoms with E-state index in [4.69, 9.17) is 4.42 Å². The van der Waals surface area contributed by atoms with Crippen molar-refractivity contribution >= 4 is 17.2 Å². The van der Waals surface area contributed by atoms with Crippen LogP contribution in [-0.2, 0) is 11.2 Å². The quantitative estimate of drug-likeness (QED) is 0.900. The fourth-order valence-electron chi connectivity index (χ4n) is 3.21. The number of hydrogen-bond acceptors (Lipinski definition) is 5. The molecule has 1 saturated heterocycles. The number of hydrogen-bond donors (Lipinski definition) is 1. The molecule has 6 heteroatoms. The number of aryl methyl sites for hydroxylation is 1. The van der Waals surface area contributed by atoms with Crippen LogP contribution in [0, 0.1) is 12.3 Å². The highest BCUT2D eigenvalue weighted by atomic mass is 32.1. The lowest BCUT2D eigenvalue weighted by atomic mass is 9.77. The van der Waals surface area contributed by atoms with Crippen LogP contribution in [-0.4, -0.2) is 40.6 Å². The van der Waals surface area contributed by atoms with Gasteiger partial charge in [0.1, 0.15) is 5.76 Å². The Hall–Kier alpha value is -1.66. The first-order valence-electron chi connectivity index (χ1n) is 8.44. The van der Waals surface area contributed by atoms with Gasteiger partial charge in [0.25, 0.3) is 0 Å². The molecule has 130 valence electrons. The van der Waals surface area contributed by atoms with Gasteiger partial charge >= 0.3 is 0 Å². The van der Waals surface area contributed by atoms with Crippen LogP contribution in [0.25, 0.3) is 11.5 Å². The van der Waals surface area contributed by atoms with Crippen molar-refractivity contribution in [1.82, 2.24) is 9.88 Å². The maximum absolute atomic E-state index is 12.6. The Kier molecular flexibility index (Phi) is 5.06. The molecule has 0 atom stereocenters. The molecule has 5 nitrogen and oxygen atoms in total. The van der Waals surface area contributed by atoms with Crippen LogP contribution in [0.15, 0.2) is 21.2 Å². The second-order valence-corrected chi connectivity index (χ2v) is 7.38. The third-order valence-corrected chi connectivity index (χ3v) is 5.92. The van der Waals surface area contributed by atoms with Crippen molar-refractivity contribution < 1.29 is 14.3 Å². The molecule has 0 aliphatic carbocycles. The van der Waals surface area contributed by atoms with Crippen molar-refractivity contribution in [2.45, 2.75) is 39.5 Å². The summed E-state index contributed by atoms with van der Waals surface area (Å²) in [6.07, 6.45) is 2.96. The van der Waals surface area contributed by atoms with Gasteiger partial charge in [-0.05, 0) is 43.0 Å². The molecule has 0 bridgehead atoms. The lowest BCUT2D eigenvalue weighted by Crippen LogP contribution is -2.45. The predicted molar refractivity (Wildman–Crippen MR) is 93.9 cm³/mol. The topological polar surface area (TPSA) is 66.6 Å². The van der Waals surface area contributed by atoms with Gasteiger partial charge in [-0.2, -0.15) is 11.3 Å². The number of aliphatic hydroxyl groups is 1. The molecule has 1 aliphatic rings. The summed E-state index contributed by atoms with van der Waals surface area (Å²) in [5.41, 5.74) is 1.67. The second kappa shape index (κ2) is 7.07. The fourth-order valence-corrected chi connectivity index (χ4v) is 3.84. The van der Waals surface area contributed by atoms with E-state index in [2.05, 4.69) is 11.9 Å². The molecule has 0 saturated carbocycles. The average Bonchev–Trinajstić information content (AvgIpc) is 3.25. The van der Waals surface area contributed by atoms with E-state index in [0.29, 0.717) is 24.7 Å². The van der Waals surface area contributed by atoms with Crippen LogP contribution < -0.4 is 0 Å². The Morgan fingerprint density at radius 2 is 2.21 bits per heavy atom. The SMILES string of the molecule is CCC1(CO)CCN(C(=O)Cc2nc(-c3ccsc3)oc2C)CC1. The smallest absolute Gasteiger partial charge is 0.228 e. The number of amides is 1. The lowest BCUT2D eigenvalue weighted by molar-refractivity contribution is -0.133. The molecule has 0 unspecified atom stereocenters. The first-order valence-corrected chi connectivity index (χ1v) is 9.39. The number of oxazole rings is 1. The Morgan fingerprint density at radius 3 is 2.79 bits per heavy atom. The van der Waals surface area contributed by atoms with E-state index in [1.807, 2.05) is 28.7 Å². The molecular weight excluding hydrogens is 324 g/mol. The molecule has 0 radical (unpaired) electrons. The maximum Gasteiger partial charge on any atom is 0.228 e. The molecule has 1 amide bonds. The highest BCUT2D eigenvalue weighted by molar-refractivity contribution is 7.08. The van der Waals surface area contributed by atoms with Crippen molar-refractivity contribution in [3.8, 4) is 11.5 Å². The highest BCUT2D eigenvalue weighted by Crippen LogP contribution is 2.34. The molecule has 2 aromatic rings. The minimum atomic E-state index is -0.00724. The van der Waals surface area contributed by atoms with Gasteiger partial charge in [0, 0.05) is 30.6 Å². The van der Waals surface area contributed by atoms with Gasteiger partial charge in [-0.15, -0.1) is 0 Å². The molecule has 1 fully saturated rings. The Bertz CT molecular complexity index is 679. The van der Waals surface area contributed by atoms with E-state index in [1.165, 1.54) is 0 Å². The van der Waals surface area contributed by atoms with Crippen LogP contribution >= 0.6 is 11.3 Å². The summed E-state index contributed by atoms with van der Waals surface area (Å²) in [5, 5.41) is 13.6. The Balaban J connectivity index is 1.64. The number of aliphatic hydroxyl groups excluding tert-OH is 1. The zero-order valence-corrected chi connectivity index (χ0v) is 15.1. The monoisotopic (exact) mass is 348 g/mol. The van der Waals surface area contributed by atoms with Crippen molar-refractivity contribution in [2.24, 2.45) is 5.41 Å². The summed E-state index contributed by atoms with van der Waals surface area (Å²) in [4.78, 5) is 19.0. The average molecular weight is 348 g/mol. The molecule has 0 spiro atoms. The number of piperidine rings is 1. The van der Waals surface area contributed by atoms with Crippen LogP contribution in [0.5, 0.6) is 0 Å². The number of carbonyl (C=O) groups excluding carboxylic acids is 1. The number of thiophene rings is 1. The molecule has 1 aliphatic heterocycles. The standard InChI is InChI=1S/C18H24N2O3S/c1-3-18(12-21)5-7-20(8-6-18)16(22)10-15-13(2)23-17(19-15)14-4-9-24-11-14/h4,9,11,21H,3,5-8,10,12H2,1-2H3. The maximum atomic E-state index is 12.6. The van der Waals surface area contributed by atoms with E-state index < -0.39 is 0 Å². The number of rotatable bonds is 5. The largest absolute Gasteiger partial charge is 0.441 e. The summed E-state index contributed by atoms with van der Waals surface area (Å²) in [5.74, 6) is 1.38. The first-order chi connectivity index (χ1) is 11.6. The van der Waals surface area contributed by atoms with Gasteiger partial charge < -0.3 is 14.4 Å². The summed E-state index contributed by atoms with van der Waals surface area (Å²) >= 11 is 1.59. The normalized spacial score (nSPS) is 17.2. The number of carbonyl (C=O) groups is 1. The molecule has 3 rings (SSSR count). The molecular formula is C18H24N2O3S. The molecule has 0 aromatic carbocycles. The second-order valence-electron chi connectivity index (χ2n) is 6.60. The van der Waals surface area contributed by atoms with Gasteiger partial charge in [-0.3, -0.25) is 4.79 Å². The van der Waals surface area contributed by atoms with Gasteiger partial charge in [0.05, 0.1) is 12.1 Å². The van der Waals surface area contributed by atoms with Crippen LogP contribution in [0.3, 0.4) is 0 Å². The minimum Gasteiger partial charge on any atom is -0.441 e. The molecule has 24 heavy (non-hydrogen) atoms. The predicted octanol–water partition coefficient (Wildman–Crippen LogP) is 3.27.